The van der Waals surface area contributed by atoms with Crippen molar-refractivity contribution in [2.45, 2.75) is 25.9 Å². The molecule has 19 heavy (non-hydrogen) atoms. The van der Waals surface area contributed by atoms with Crippen LogP contribution in [0.25, 0.3) is 0 Å². The molecule has 0 aliphatic carbocycles. The molecule has 0 spiro atoms. The van der Waals surface area contributed by atoms with E-state index in [0.29, 0.717) is 19.3 Å². The summed E-state index contributed by atoms with van der Waals surface area (Å²) in [4.78, 5) is 23.6. The van der Waals surface area contributed by atoms with Gasteiger partial charge in [0, 0.05) is 19.0 Å². The lowest BCUT2D eigenvalue weighted by Gasteiger charge is -2.24. The van der Waals surface area contributed by atoms with Crippen molar-refractivity contribution in [3.63, 3.8) is 0 Å². The molecule has 0 fully saturated rings. The molecule has 104 valence electrons. The van der Waals surface area contributed by atoms with Crippen LogP contribution in [0.1, 0.15) is 18.9 Å². The van der Waals surface area contributed by atoms with E-state index in [1.54, 1.807) is 6.07 Å². The molecule has 1 N–H and O–H groups in total. The summed E-state index contributed by atoms with van der Waals surface area (Å²) >= 11 is 0. The van der Waals surface area contributed by atoms with Crippen molar-refractivity contribution in [2.75, 3.05) is 13.6 Å². The van der Waals surface area contributed by atoms with Crippen LogP contribution < -0.4 is 5.32 Å². The van der Waals surface area contributed by atoms with Crippen LogP contribution in [0.3, 0.4) is 0 Å². The van der Waals surface area contributed by atoms with Crippen LogP contribution in [0.4, 0.5) is 4.39 Å². The van der Waals surface area contributed by atoms with Crippen molar-refractivity contribution in [2.24, 2.45) is 0 Å². The number of nitrogens with zero attached hydrogens (tertiary/aromatic N) is 1. The maximum Gasteiger partial charge on any atom is 0.221 e. The number of benzene rings is 1. The summed E-state index contributed by atoms with van der Waals surface area (Å²) in [5, 5.41) is 2.50. The highest BCUT2D eigenvalue weighted by atomic mass is 19.1. The Morgan fingerprint density at radius 1 is 1.53 bits per heavy atom. The lowest BCUT2D eigenvalue weighted by molar-refractivity contribution is -0.123. The van der Waals surface area contributed by atoms with Gasteiger partial charge in [-0.15, -0.1) is 0 Å². The average Bonchev–Trinajstić information content (AvgIpc) is 2.36. The van der Waals surface area contributed by atoms with Gasteiger partial charge in [0.15, 0.2) is 0 Å². The molecule has 0 heterocycles. The van der Waals surface area contributed by atoms with E-state index in [1.165, 1.54) is 12.1 Å². The molecule has 0 saturated heterocycles. The number of hydrogen-bond acceptors (Lipinski definition) is 3. The predicted octanol–water partition coefficient (Wildman–Crippen LogP) is 1.35. The molecule has 1 atom stereocenters. The Morgan fingerprint density at radius 3 is 2.89 bits per heavy atom. The first-order valence-corrected chi connectivity index (χ1v) is 6.18. The molecule has 5 heteroatoms. The second kappa shape index (κ2) is 7.63. The summed E-state index contributed by atoms with van der Waals surface area (Å²) in [6.07, 6.45) is 0.957. The zero-order chi connectivity index (χ0) is 14.3. The van der Waals surface area contributed by atoms with E-state index in [1.807, 2.05) is 24.9 Å². The van der Waals surface area contributed by atoms with Crippen molar-refractivity contribution in [3.05, 3.63) is 35.6 Å². The average molecular weight is 266 g/mol. The quantitative estimate of drug-likeness (QED) is 0.758. The predicted molar refractivity (Wildman–Crippen MR) is 71.0 cm³/mol. The minimum atomic E-state index is -0.262. The lowest BCUT2D eigenvalue weighted by Crippen LogP contribution is -2.35. The number of halogens is 1. The minimum absolute atomic E-state index is 0.00918. The Balaban J connectivity index is 2.46. The standard InChI is InChI=1S/C14H19FN2O2/c1-11(8-14(19)16-6-7-18)17(2)10-12-4-3-5-13(15)9-12/h3-5,7,9,11H,6,8,10H2,1-2H3,(H,16,19). The number of rotatable bonds is 7. The molecule has 0 radical (unpaired) electrons. The third kappa shape index (κ3) is 5.61. The normalized spacial score (nSPS) is 12.2. The molecule has 0 saturated carbocycles. The van der Waals surface area contributed by atoms with E-state index in [4.69, 9.17) is 0 Å². The smallest absolute Gasteiger partial charge is 0.221 e. The van der Waals surface area contributed by atoms with Crippen molar-refractivity contribution in [3.8, 4) is 0 Å². The molecule has 0 aromatic heterocycles. The molecule has 1 rings (SSSR count). The van der Waals surface area contributed by atoms with Gasteiger partial charge in [0.2, 0.25) is 5.91 Å². The Bertz CT molecular complexity index is 437. The molecule has 1 aromatic rings. The fourth-order valence-electron chi connectivity index (χ4n) is 1.73. The monoisotopic (exact) mass is 266 g/mol. The van der Waals surface area contributed by atoms with Gasteiger partial charge in [0.05, 0.1) is 6.54 Å². The summed E-state index contributed by atoms with van der Waals surface area (Å²) in [6, 6.07) is 6.41. The van der Waals surface area contributed by atoms with Crippen LogP contribution in [0, 0.1) is 5.82 Å². The molecular formula is C14H19FN2O2. The van der Waals surface area contributed by atoms with E-state index < -0.39 is 0 Å². The van der Waals surface area contributed by atoms with Crippen LogP contribution >= 0.6 is 0 Å². The fraction of sp³-hybridized carbons (Fsp3) is 0.429. The number of carbonyl (C=O) groups excluding carboxylic acids is 2. The Labute approximate surface area is 112 Å². The van der Waals surface area contributed by atoms with E-state index >= 15 is 0 Å². The second-order valence-electron chi connectivity index (χ2n) is 4.57. The van der Waals surface area contributed by atoms with Crippen molar-refractivity contribution < 1.29 is 14.0 Å². The Kier molecular flexibility index (Phi) is 6.15. The Morgan fingerprint density at radius 2 is 2.26 bits per heavy atom. The van der Waals surface area contributed by atoms with E-state index in [-0.39, 0.29) is 24.3 Å². The van der Waals surface area contributed by atoms with Gasteiger partial charge in [-0.3, -0.25) is 9.69 Å². The van der Waals surface area contributed by atoms with Crippen LogP contribution in [0.5, 0.6) is 0 Å². The first-order valence-electron chi connectivity index (χ1n) is 6.18. The molecule has 1 aromatic carbocycles. The number of aldehydes is 1. The number of nitrogens with one attached hydrogen (secondary N) is 1. The van der Waals surface area contributed by atoms with Gasteiger partial charge in [-0.1, -0.05) is 12.1 Å². The molecule has 0 aliphatic rings. The highest BCUT2D eigenvalue weighted by Gasteiger charge is 2.14. The van der Waals surface area contributed by atoms with E-state index in [9.17, 15) is 14.0 Å². The first-order chi connectivity index (χ1) is 9.02. The number of carbonyl (C=O) groups is 2. The third-order valence-electron chi connectivity index (χ3n) is 2.94. The molecule has 1 amide bonds. The topological polar surface area (TPSA) is 49.4 Å². The van der Waals surface area contributed by atoms with Gasteiger partial charge in [-0.25, -0.2) is 4.39 Å². The van der Waals surface area contributed by atoms with E-state index in [2.05, 4.69) is 5.32 Å². The molecule has 0 aliphatic heterocycles. The maximum absolute atomic E-state index is 13.1. The van der Waals surface area contributed by atoms with Gasteiger partial charge in [-0.05, 0) is 31.7 Å². The maximum atomic E-state index is 13.1. The highest BCUT2D eigenvalue weighted by molar-refractivity contribution is 5.78. The molecule has 0 bridgehead atoms. The number of amides is 1. The van der Waals surface area contributed by atoms with Crippen molar-refractivity contribution in [1.82, 2.24) is 10.2 Å². The third-order valence-corrected chi connectivity index (χ3v) is 2.94. The fourth-order valence-corrected chi connectivity index (χ4v) is 1.73. The molecular weight excluding hydrogens is 247 g/mol. The minimum Gasteiger partial charge on any atom is -0.349 e. The SMILES string of the molecule is CC(CC(=O)NCC=O)N(C)Cc1cccc(F)c1. The summed E-state index contributed by atoms with van der Waals surface area (Å²) in [7, 11) is 1.88. The molecule has 4 nitrogen and oxygen atoms in total. The molecule has 1 unspecified atom stereocenters. The van der Waals surface area contributed by atoms with Crippen molar-refractivity contribution in [1.29, 1.82) is 0 Å². The summed E-state index contributed by atoms with van der Waals surface area (Å²) in [5.41, 5.74) is 0.864. The van der Waals surface area contributed by atoms with Gasteiger partial charge in [0.1, 0.15) is 12.1 Å². The van der Waals surface area contributed by atoms with E-state index in [0.717, 1.165) is 5.56 Å². The largest absolute Gasteiger partial charge is 0.349 e. The Hall–Kier alpha value is -1.75. The van der Waals surface area contributed by atoms with Crippen molar-refractivity contribution >= 4 is 12.2 Å². The summed E-state index contributed by atoms with van der Waals surface area (Å²) < 4.78 is 13.1. The van der Waals surface area contributed by atoms with Gasteiger partial charge in [0.25, 0.3) is 0 Å². The zero-order valence-corrected chi connectivity index (χ0v) is 11.2. The van der Waals surface area contributed by atoms with Crippen LogP contribution in [-0.4, -0.2) is 36.7 Å². The summed E-state index contributed by atoms with van der Waals surface area (Å²) in [6.45, 7) is 2.53. The second-order valence-corrected chi connectivity index (χ2v) is 4.57. The van der Waals surface area contributed by atoms with Crippen LogP contribution in [0.2, 0.25) is 0 Å². The first kappa shape index (κ1) is 15.3. The zero-order valence-electron chi connectivity index (χ0n) is 11.2. The number of hydrogen-bond donors (Lipinski definition) is 1. The summed E-state index contributed by atoms with van der Waals surface area (Å²) in [5.74, 6) is -0.423. The van der Waals surface area contributed by atoms with Gasteiger partial charge in [-0.2, -0.15) is 0 Å². The highest BCUT2D eigenvalue weighted by Crippen LogP contribution is 2.10. The van der Waals surface area contributed by atoms with Gasteiger partial charge >= 0.3 is 0 Å². The van der Waals surface area contributed by atoms with Gasteiger partial charge < -0.3 is 10.1 Å². The van der Waals surface area contributed by atoms with Crippen LogP contribution in [0.15, 0.2) is 24.3 Å². The lowest BCUT2D eigenvalue weighted by atomic mass is 10.1. The van der Waals surface area contributed by atoms with Crippen LogP contribution in [-0.2, 0) is 16.1 Å².